The molecule has 0 aliphatic carbocycles. The second-order valence-electron chi connectivity index (χ2n) is 3.59. The van der Waals surface area contributed by atoms with Gasteiger partial charge in [0.15, 0.2) is 11.4 Å². The molecule has 0 saturated heterocycles. The van der Waals surface area contributed by atoms with E-state index < -0.39 is 35.6 Å². The largest absolute Gasteiger partial charge is 0.454 e. The number of alkyl halides is 3. The zero-order valence-corrected chi connectivity index (χ0v) is 8.61. The molecule has 17 heavy (non-hydrogen) atoms. The topological polar surface area (TPSA) is 13.1 Å². The van der Waals surface area contributed by atoms with Gasteiger partial charge in [0.1, 0.15) is 11.6 Å². The summed E-state index contributed by atoms with van der Waals surface area (Å²) in [5, 5.41) is -0.0409. The van der Waals surface area contributed by atoms with Crippen molar-refractivity contribution < 1.29 is 26.4 Å². The Morgan fingerprint density at radius 2 is 1.76 bits per heavy atom. The van der Waals surface area contributed by atoms with Crippen LogP contribution in [-0.4, -0.2) is 6.43 Å². The highest BCUT2D eigenvalue weighted by Gasteiger charge is 2.29. The number of benzene rings is 1. The lowest BCUT2D eigenvalue weighted by atomic mass is 10.1. The van der Waals surface area contributed by atoms with Crippen molar-refractivity contribution in [2.24, 2.45) is 0 Å². The van der Waals surface area contributed by atoms with E-state index in [4.69, 9.17) is 4.42 Å². The fourth-order valence-electron chi connectivity index (χ4n) is 1.64. The molecule has 2 rings (SSSR count). The minimum atomic E-state index is -3.28. The summed E-state index contributed by atoms with van der Waals surface area (Å²) in [6.45, 7) is 1.27. The number of rotatable bonds is 2. The van der Waals surface area contributed by atoms with Gasteiger partial charge in [0.05, 0.1) is 0 Å². The lowest BCUT2D eigenvalue weighted by Gasteiger charge is -2.03. The molecule has 2 aromatic rings. The van der Waals surface area contributed by atoms with Gasteiger partial charge in [-0.25, -0.2) is 22.0 Å². The Kier molecular flexibility index (Phi) is 2.81. The number of halogens is 5. The van der Waals surface area contributed by atoms with Crippen LogP contribution in [0, 0.1) is 18.6 Å². The Morgan fingerprint density at radius 3 is 2.35 bits per heavy atom. The highest BCUT2D eigenvalue weighted by atomic mass is 19.3. The Hall–Kier alpha value is -1.59. The number of aryl methyl sites for hydroxylation is 1. The van der Waals surface area contributed by atoms with Gasteiger partial charge < -0.3 is 4.42 Å². The van der Waals surface area contributed by atoms with Crippen LogP contribution in [-0.2, 0) is 0 Å². The molecular formula is C11H7F5O. The molecule has 92 valence electrons. The SMILES string of the molecule is Cc1c([C@@H](F)C(F)F)oc2c(F)cc(F)cc12. The molecule has 0 unspecified atom stereocenters. The second kappa shape index (κ2) is 4.01. The van der Waals surface area contributed by atoms with E-state index in [9.17, 15) is 22.0 Å². The molecule has 0 aliphatic rings. The molecule has 1 heterocycles. The Balaban J connectivity index is 2.68. The van der Waals surface area contributed by atoms with Crippen LogP contribution in [0.4, 0.5) is 22.0 Å². The van der Waals surface area contributed by atoms with E-state index in [0.29, 0.717) is 6.07 Å². The van der Waals surface area contributed by atoms with Gasteiger partial charge in [0.25, 0.3) is 6.43 Å². The van der Waals surface area contributed by atoms with Crippen molar-refractivity contribution in [3.63, 3.8) is 0 Å². The van der Waals surface area contributed by atoms with Crippen molar-refractivity contribution in [2.75, 3.05) is 0 Å². The maximum atomic E-state index is 13.3. The maximum Gasteiger partial charge on any atom is 0.276 e. The summed E-state index contributed by atoms with van der Waals surface area (Å²) < 4.78 is 68.4. The van der Waals surface area contributed by atoms with E-state index in [1.807, 2.05) is 0 Å². The summed E-state index contributed by atoms with van der Waals surface area (Å²) in [6.07, 6.45) is -5.92. The first-order chi connectivity index (χ1) is 7.91. The monoisotopic (exact) mass is 250 g/mol. The molecule has 0 radical (unpaired) electrons. The van der Waals surface area contributed by atoms with Crippen molar-refractivity contribution >= 4 is 11.0 Å². The number of furan rings is 1. The number of hydrogen-bond acceptors (Lipinski definition) is 1. The van der Waals surface area contributed by atoms with Crippen LogP contribution in [0.3, 0.4) is 0 Å². The highest BCUT2D eigenvalue weighted by Crippen LogP contribution is 2.35. The molecule has 0 aliphatic heterocycles. The van der Waals surface area contributed by atoms with Crippen LogP contribution in [0.5, 0.6) is 0 Å². The van der Waals surface area contributed by atoms with Gasteiger partial charge in [0.2, 0.25) is 6.17 Å². The zero-order chi connectivity index (χ0) is 12.7. The van der Waals surface area contributed by atoms with Crippen molar-refractivity contribution in [1.82, 2.24) is 0 Å². The molecule has 0 bridgehead atoms. The third-order valence-electron chi connectivity index (χ3n) is 2.47. The third kappa shape index (κ3) is 1.87. The summed E-state index contributed by atoms with van der Waals surface area (Å²) in [7, 11) is 0. The van der Waals surface area contributed by atoms with Crippen LogP contribution in [0.25, 0.3) is 11.0 Å². The van der Waals surface area contributed by atoms with Gasteiger partial charge in [-0.15, -0.1) is 0 Å². The van der Waals surface area contributed by atoms with Gasteiger partial charge in [-0.1, -0.05) is 0 Å². The predicted octanol–water partition coefficient (Wildman–Crippen LogP) is 4.30. The lowest BCUT2D eigenvalue weighted by molar-refractivity contribution is 0.0380. The molecule has 0 N–H and O–H groups in total. The lowest BCUT2D eigenvalue weighted by Crippen LogP contribution is -2.02. The first-order valence-electron chi connectivity index (χ1n) is 4.72. The van der Waals surface area contributed by atoms with Crippen molar-refractivity contribution in [3.05, 3.63) is 35.1 Å². The first-order valence-corrected chi connectivity index (χ1v) is 4.72. The van der Waals surface area contributed by atoms with Crippen LogP contribution >= 0.6 is 0 Å². The summed E-state index contributed by atoms with van der Waals surface area (Å²) in [5.41, 5.74) is -0.437. The molecule has 1 aromatic carbocycles. The molecule has 1 atom stereocenters. The van der Waals surface area contributed by atoms with Crippen LogP contribution in [0.2, 0.25) is 0 Å². The number of hydrogen-bond donors (Lipinski definition) is 0. The summed E-state index contributed by atoms with van der Waals surface area (Å²) in [5.74, 6) is -2.59. The standard InChI is InChI=1S/C11H7F5O/c1-4-6-2-5(12)3-7(13)10(6)17-9(4)8(14)11(15)16/h2-3,8,11H,1H3/t8-/m1/s1. The van der Waals surface area contributed by atoms with E-state index in [2.05, 4.69) is 0 Å². The fourth-order valence-corrected chi connectivity index (χ4v) is 1.64. The molecule has 1 nitrogen and oxygen atoms in total. The average Bonchev–Trinajstić information content (AvgIpc) is 2.56. The minimum absolute atomic E-state index is 0.0220. The van der Waals surface area contributed by atoms with Gasteiger partial charge >= 0.3 is 0 Å². The molecule has 0 amide bonds. The van der Waals surface area contributed by atoms with Crippen molar-refractivity contribution in [2.45, 2.75) is 19.5 Å². The maximum absolute atomic E-state index is 13.3. The summed E-state index contributed by atoms with van der Waals surface area (Å²) in [4.78, 5) is 0. The molecule has 0 saturated carbocycles. The van der Waals surface area contributed by atoms with E-state index >= 15 is 0 Å². The normalized spacial score (nSPS) is 13.6. The number of fused-ring (bicyclic) bond motifs is 1. The quantitative estimate of drug-likeness (QED) is 0.724. The van der Waals surface area contributed by atoms with E-state index in [1.54, 1.807) is 0 Å². The predicted molar refractivity (Wildman–Crippen MR) is 50.7 cm³/mol. The molecule has 6 heteroatoms. The Labute approximate surface area is 92.8 Å². The van der Waals surface area contributed by atoms with Gasteiger partial charge in [-0.3, -0.25) is 0 Å². The third-order valence-corrected chi connectivity index (χ3v) is 2.47. The fraction of sp³-hybridized carbons (Fsp3) is 0.273. The molecular weight excluding hydrogens is 243 g/mol. The second-order valence-corrected chi connectivity index (χ2v) is 3.59. The van der Waals surface area contributed by atoms with Crippen LogP contribution in [0.1, 0.15) is 17.5 Å². The van der Waals surface area contributed by atoms with Crippen LogP contribution < -0.4 is 0 Å². The van der Waals surface area contributed by atoms with Crippen molar-refractivity contribution in [3.8, 4) is 0 Å². The minimum Gasteiger partial charge on any atom is -0.454 e. The Bertz CT molecular complexity index is 560. The van der Waals surface area contributed by atoms with Gasteiger partial charge in [0, 0.05) is 17.0 Å². The van der Waals surface area contributed by atoms with Gasteiger partial charge in [-0.2, -0.15) is 0 Å². The molecule has 0 fully saturated rings. The molecule has 0 spiro atoms. The van der Waals surface area contributed by atoms with Gasteiger partial charge in [-0.05, 0) is 13.0 Å². The van der Waals surface area contributed by atoms with Crippen LogP contribution in [0.15, 0.2) is 16.5 Å². The average molecular weight is 250 g/mol. The first kappa shape index (κ1) is 11.9. The van der Waals surface area contributed by atoms with E-state index in [1.165, 1.54) is 6.92 Å². The van der Waals surface area contributed by atoms with E-state index in [-0.39, 0.29) is 10.9 Å². The highest BCUT2D eigenvalue weighted by molar-refractivity contribution is 5.82. The smallest absolute Gasteiger partial charge is 0.276 e. The summed E-state index contributed by atoms with van der Waals surface area (Å²) in [6, 6.07) is 1.46. The van der Waals surface area contributed by atoms with E-state index in [0.717, 1.165) is 6.07 Å². The van der Waals surface area contributed by atoms with Crippen molar-refractivity contribution in [1.29, 1.82) is 0 Å². The zero-order valence-electron chi connectivity index (χ0n) is 8.61. The molecule has 1 aromatic heterocycles. The Morgan fingerprint density at radius 1 is 1.12 bits per heavy atom. The summed E-state index contributed by atoms with van der Waals surface area (Å²) >= 11 is 0.